The van der Waals surface area contributed by atoms with Crippen LogP contribution in [0.1, 0.15) is 15.9 Å². The van der Waals surface area contributed by atoms with Crippen LogP contribution in [0.4, 0.5) is 10.1 Å². The summed E-state index contributed by atoms with van der Waals surface area (Å²) >= 11 is 2.15. The Bertz CT molecular complexity index is 598. The Labute approximate surface area is 118 Å². The first-order valence-corrected chi connectivity index (χ1v) is 6.47. The summed E-state index contributed by atoms with van der Waals surface area (Å²) in [6.07, 6.45) is 0. The number of halogens is 2. The van der Waals surface area contributed by atoms with Gasteiger partial charge < -0.3 is 5.32 Å². The number of rotatable bonds is 2. The van der Waals surface area contributed by atoms with Crippen LogP contribution in [-0.2, 0) is 0 Å². The molecule has 18 heavy (non-hydrogen) atoms. The highest BCUT2D eigenvalue weighted by Gasteiger charge is 2.08. The highest BCUT2D eigenvalue weighted by molar-refractivity contribution is 14.1. The molecule has 0 aromatic heterocycles. The van der Waals surface area contributed by atoms with Crippen molar-refractivity contribution in [1.29, 1.82) is 0 Å². The summed E-state index contributed by atoms with van der Waals surface area (Å²) in [6.45, 7) is 1.76. The van der Waals surface area contributed by atoms with Gasteiger partial charge in [-0.15, -0.1) is 0 Å². The van der Waals surface area contributed by atoms with Crippen LogP contribution in [0.25, 0.3) is 0 Å². The van der Waals surface area contributed by atoms with E-state index in [0.717, 1.165) is 3.57 Å². The summed E-state index contributed by atoms with van der Waals surface area (Å²) in [5.41, 5.74) is 1.92. The van der Waals surface area contributed by atoms with E-state index < -0.39 is 0 Å². The monoisotopic (exact) mass is 355 g/mol. The lowest BCUT2D eigenvalue weighted by molar-refractivity contribution is 0.102. The lowest BCUT2D eigenvalue weighted by atomic mass is 10.1. The SMILES string of the molecule is Cc1cc(F)ccc1NC(=O)c1cccc(I)c1. The van der Waals surface area contributed by atoms with E-state index in [0.29, 0.717) is 16.8 Å². The zero-order valence-corrected chi connectivity index (χ0v) is 11.9. The van der Waals surface area contributed by atoms with Gasteiger partial charge in [0.25, 0.3) is 5.91 Å². The third kappa shape index (κ3) is 3.07. The molecule has 92 valence electrons. The van der Waals surface area contributed by atoms with E-state index >= 15 is 0 Å². The third-order valence-corrected chi connectivity index (χ3v) is 3.19. The molecule has 0 spiro atoms. The van der Waals surface area contributed by atoms with Crippen molar-refractivity contribution < 1.29 is 9.18 Å². The van der Waals surface area contributed by atoms with E-state index in [9.17, 15) is 9.18 Å². The van der Waals surface area contributed by atoms with Gasteiger partial charge >= 0.3 is 0 Å². The quantitative estimate of drug-likeness (QED) is 0.811. The first-order valence-electron chi connectivity index (χ1n) is 5.39. The molecule has 0 heterocycles. The van der Waals surface area contributed by atoms with Gasteiger partial charge in [-0.2, -0.15) is 0 Å². The highest BCUT2D eigenvalue weighted by atomic mass is 127. The molecule has 4 heteroatoms. The van der Waals surface area contributed by atoms with Crippen LogP contribution in [-0.4, -0.2) is 5.91 Å². The van der Waals surface area contributed by atoms with E-state index in [1.54, 1.807) is 25.1 Å². The molecular weight excluding hydrogens is 344 g/mol. The summed E-state index contributed by atoms with van der Waals surface area (Å²) < 4.78 is 13.9. The average molecular weight is 355 g/mol. The number of hydrogen-bond donors (Lipinski definition) is 1. The lowest BCUT2D eigenvalue weighted by Gasteiger charge is -2.08. The van der Waals surface area contributed by atoms with E-state index in [2.05, 4.69) is 27.9 Å². The second kappa shape index (κ2) is 5.48. The maximum absolute atomic E-state index is 12.9. The summed E-state index contributed by atoms with van der Waals surface area (Å²) in [4.78, 5) is 12.0. The smallest absolute Gasteiger partial charge is 0.255 e. The highest BCUT2D eigenvalue weighted by Crippen LogP contribution is 2.17. The largest absolute Gasteiger partial charge is 0.322 e. The Morgan fingerprint density at radius 3 is 2.67 bits per heavy atom. The predicted octanol–water partition coefficient (Wildman–Crippen LogP) is 3.99. The molecule has 0 unspecified atom stereocenters. The van der Waals surface area contributed by atoms with Crippen LogP contribution >= 0.6 is 22.6 Å². The molecule has 1 amide bonds. The molecule has 0 saturated heterocycles. The van der Waals surface area contributed by atoms with Crippen molar-refractivity contribution in [1.82, 2.24) is 0 Å². The first-order chi connectivity index (χ1) is 8.56. The van der Waals surface area contributed by atoms with Crippen molar-refractivity contribution in [2.24, 2.45) is 0 Å². The molecule has 2 nitrogen and oxygen atoms in total. The second-order valence-electron chi connectivity index (χ2n) is 3.92. The molecule has 0 fully saturated rings. The van der Waals surface area contributed by atoms with Crippen LogP contribution in [0.5, 0.6) is 0 Å². The fraction of sp³-hybridized carbons (Fsp3) is 0.0714. The zero-order valence-electron chi connectivity index (χ0n) is 9.71. The van der Waals surface area contributed by atoms with Crippen LogP contribution in [0.15, 0.2) is 42.5 Å². The minimum atomic E-state index is -0.306. The number of amides is 1. The Kier molecular flexibility index (Phi) is 3.96. The molecular formula is C14H11FINO. The number of hydrogen-bond acceptors (Lipinski definition) is 1. The van der Waals surface area contributed by atoms with Gasteiger partial charge in [-0.1, -0.05) is 6.07 Å². The van der Waals surface area contributed by atoms with Gasteiger partial charge in [0.15, 0.2) is 0 Å². The maximum Gasteiger partial charge on any atom is 0.255 e. The van der Waals surface area contributed by atoms with Crippen LogP contribution in [0.2, 0.25) is 0 Å². The van der Waals surface area contributed by atoms with Gasteiger partial charge in [-0.3, -0.25) is 4.79 Å². The van der Waals surface area contributed by atoms with Crippen LogP contribution in [0.3, 0.4) is 0 Å². The van der Waals surface area contributed by atoms with Gasteiger partial charge in [0.2, 0.25) is 0 Å². The number of carbonyl (C=O) groups excluding carboxylic acids is 1. The summed E-state index contributed by atoms with van der Waals surface area (Å²) in [5.74, 6) is -0.497. The van der Waals surface area contributed by atoms with Crippen molar-refractivity contribution in [3.05, 3.63) is 63.0 Å². The predicted molar refractivity (Wildman–Crippen MR) is 78.2 cm³/mol. The molecule has 0 bridgehead atoms. The average Bonchev–Trinajstić information content (AvgIpc) is 2.32. The summed E-state index contributed by atoms with van der Waals surface area (Å²) in [6, 6.07) is 11.6. The van der Waals surface area contributed by atoms with Crippen molar-refractivity contribution in [3.8, 4) is 0 Å². The van der Waals surface area contributed by atoms with Crippen LogP contribution in [0, 0.1) is 16.3 Å². The van der Waals surface area contributed by atoms with Crippen molar-refractivity contribution in [3.63, 3.8) is 0 Å². The number of benzene rings is 2. The summed E-state index contributed by atoms with van der Waals surface area (Å²) in [7, 11) is 0. The normalized spacial score (nSPS) is 10.2. The molecule has 0 aliphatic heterocycles. The standard InChI is InChI=1S/C14H11FINO/c1-9-7-11(15)5-6-13(9)17-14(18)10-3-2-4-12(16)8-10/h2-8H,1H3,(H,17,18). The molecule has 2 aromatic rings. The fourth-order valence-corrected chi connectivity index (χ4v) is 2.13. The van der Waals surface area contributed by atoms with E-state index in [1.165, 1.54) is 12.1 Å². The van der Waals surface area contributed by atoms with E-state index in [-0.39, 0.29) is 11.7 Å². The minimum Gasteiger partial charge on any atom is -0.322 e. The zero-order chi connectivity index (χ0) is 13.1. The van der Waals surface area contributed by atoms with Crippen LogP contribution < -0.4 is 5.32 Å². The van der Waals surface area contributed by atoms with Crippen molar-refractivity contribution in [2.75, 3.05) is 5.32 Å². The minimum absolute atomic E-state index is 0.191. The first kappa shape index (κ1) is 13.0. The topological polar surface area (TPSA) is 29.1 Å². The van der Waals surface area contributed by atoms with Gasteiger partial charge in [0.05, 0.1) is 0 Å². The van der Waals surface area contributed by atoms with Gasteiger partial charge in [-0.25, -0.2) is 4.39 Å². The van der Waals surface area contributed by atoms with Crippen molar-refractivity contribution in [2.45, 2.75) is 6.92 Å². The Hall–Kier alpha value is -1.43. The van der Waals surface area contributed by atoms with Crippen molar-refractivity contribution >= 4 is 34.2 Å². The molecule has 0 aliphatic carbocycles. The molecule has 2 aromatic carbocycles. The number of carbonyl (C=O) groups is 1. The number of nitrogens with one attached hydrogen (secondary N) is 1. The number of anilines is 1. The number of aryl methyl sites for hydroxylation is 1. The van der Waals surface area contributed by atoms with E-state index in [1.807, 2.05) is 12.1 Å². The van der Waals surface area contributed by atoms with E-state index in [4.69, 9.17) is 0 Å². The van der Waals surface area contributed by atoms with Gasteiger partial charge in [0.1, 0.15) is 5.82 Å². The molecule has 0 saturated carbocycles. The Morgan fingerprint density at radius 1 is 1.22 bits per heavy atom. The fourth-order valence-electron chi connectivity index (χ4n) is 1.59. The van der Waals surface area contributed by atoms with Gasteiger partial charge in [0, 0.05) is 14.8 Å². The third-order valence-electron chi connectivity index (χ3n) is 2.52. The maximum atomic E-state index is 12.9. The van der Waals surface area contributed by atoms with Gasteiger partial charge in [-0.05, 0) is 71.5 Å². The molecule has 0 radical (unpaired) electrons. The Balaban J connectivity index is 2.21. The Morgan fingerprint density at radius 2 is 2.00 bits per heavy atom. The summed E-state index contributed by atoms with van der Waals surface area (Å²) in [5, 5.41) is 2.77. The molecule has 0 aliphatic rings. The molecule has 0 atom stereocenters. The molecule has 2 rings (SSSR count). The lowest BCUT2D eigenvalue weighted by Crippen LogP contribution is -2.12. The molecule has 1 N–H and O–H groups in total. The second-order valence-corrected chi connectivity index (χ2v) is 5.17.